The Morgan fingerprint density at radius 2 is 2.10 bits per heavy atom. The molecule has 4 nitrogen and oxygen atoms in total. The van der Waals surface area contributed by atoms with Gasteiger partial charge in [-0.05, 0) is 32.9 Å². The predicted octanol–water partition coefficient (Wildman–Crippen LogP) is 1.84. The summed E-state index contributed by atoms with van der Waals surface area (Å²) in [6.07, 6.45) is 1.33. The third-order valence-corrected chi connectivity index (χ3v) is 5.04. The van der Waals surface area contributed by atoms with Crippen molar-refractivity contribution >= 4 is 11.8 Å². The summed E-state index contributed by atoms with van der Waals surface area (Å²) in [5, 5.41) is 2.53. The van der Waals surface area contributed by atoms with Gasteiger partial charge in [0.15, 0.2) is 0 Å². The number of piperidine rings is 1. The smallest absolute Gasteiger partial charge is 0.234 e. The number of nitrogens with one attached hydrogen (secondary N) is 1. The first-order valence-electron chi connectivity index (χ1n) is 7.52. The topological polar surface area (TPSA) is 49.4 Å². The van der Waals surface area contributed by atoms with Gasteiger partial charge in [0, 0.05) is 24.4 Å². The highest BCUT2D eigenvalue weighted by molar-refractivity contribution is 6.02. The maximum Gasteiger partial charge on any atom is 0.234 e. The lowest BCUT2D eigenvalue weighted by Crippen LogP contribution is -2.51. The van der Waals surface area contributed by atoms with Gasteiger partial charge < -0.3 is 4.90 Å². The SMILES string of the molecule is Cc1cccc(C2C(=O)NC(=O)CC23CC(C)N(C)C3)c1. The minimum Gasteiger partial charge on any atom is -0.303 e. The van der Waals surface area contributed by atoms with Gasteiger partial charge in [-0.2, -0.15) is 0 Å². The second kappa shape index (κ2) is 4.95. The first-order valence-corrected chi connectivity index (χ1v) is 7.52. The van der Waals surface area contributed by atoms with E-state index in [1.54, 1.807) is 0 Å². The molecule has 1 spiro atoms. The van der Waals surface area contributed by atoms with Crippen LogP contribution in [0.5, 0.6) is 0 Å². The van der Waals surface area contributed by atoms with Crippen molar-refractivity contribution in [3.63, 3.8) is 0 Å². The normalized spacial score (nSPS) is 33.5. The van der Waals surface area contributed by atoms with E-state index in [0.29, 0.717) is 12.5 Å². The van der Waals surface area contributed by atoms with E-state index >= 15 is 0 Å². The molecule has 2 aliphatic heterocycles. The molecule has 1 N–H and O–H groups in total. The number of likely N-dealkylation sites (tertiary alicyclic amines) is 1. The van der Waals surface area contributed by atoms with Crippen LogP contribution >= 0.6 is 0 Å². The number of hydrogen-bond acceptors (Lipinski definition) is 3. The van der Waals surface area contributed by atoms with E-state index < -0.39 is 0 Å². The standard InChI is InChI=1S/C17H22N2O2/c1-11-5-4-6-13(7-11)15-16(21)18-14(20)9-17(15)8-12(2)19(3)10-17/h4-7,12,15H,8-10H2,1-3H3,(H,18,20,21). The second-order valence-corrected chi connectivity index (χ2v) is 6.77. The van der Waals surface area contributed by atoms with E-state index in [9.17, 15) is 9.59 Å². The van der Waals surface area contributed by atoms with Gasteiger partial charge in [0.05, 0.1) is 5.92 Å². The second-order valence-electron chi connectivity index (χ2n) is 6.77. The highest BCUT2D eigenvalue weighted by atomic mass is 16.2. The van der Waals surface area contributed by atoms with Crippen molar-refractivity contribution in [1.82, 2.24) is 10.2 Å². The average Bonchev–Trinajstić information content (AvgIpc) is 2.63. The van der Waals surface area contributed by atoms with Gasteiger partial charge in [0.1, 0.15) is 0 Å². The molecule has 3 unspecified atom stereocenters. The van der Waals surface area contributed by atoms with Crippen LogP contribution in [0.3, 0.4) is 0 Å². The van der Waals surface area contributed by atoms with Crippen LogP contribution in [0.1, 0.15) is 36.8 Å². The molecule has 112 valence electrons. The zero-order valence-electron chi connectivity index (χ0n) is 12.8. The minimum absolute atomic E-state index is 0.133. The highest BCUT2D eigenvalue weighted by Crippen LogP contribution is 2.50. The lowest BCUT2D eigenvalue weighted by molar-refractivity contribution is -0.139. The van der Waals surface area contributed by atoms with E-state index in [1.807, 2.05) is 25.1 Å². The van der Waals surface area contributed by atoms with Crippen LogP contribution in [0.25, 0.3) is 0 Å². The molecule has 1 aromatic rings. The lowest BCUT2D eigenvalue weighted by atomic mass is 9.66. The molecule has 0 aromatic heterocycles. The van der Waals surface area contributed by atoms with Crippen molar-refractivity contribution in [2.75, 3.05) is 13.6 Å². The molecule has 0 saturated carbocycles. The van der Waals surface area contributed by atoms with Crippen molar-refractivity contribution < 1.29 is 9.59 Å². The Kier molecular flexibility index (Phi) is 3.36. The molecule has 2 fully saturated rings. The largest absolute Gasteiger partial charge is 0.303 e. The molecule has 2 saturated heterocycles. The zero-order valence-corrected chi connectivity index (χ0v) is 12.8. The minimum atomic E-state index is -0.263. The van der Waals surface area contributed by atoms with Gasteiger partial charge in [-0.1, -0.05) is 29.8 Å². The number of nitrogens with zero attached hydrogens (tertiary/aromatic N) is 1. The molecular weight excluding hydrogens is 264 g/mol. The van der Waals surface area contributed by atoms with Gasteiger partial charge in [0.25, 0.3) is 0 Å². The number of benzene rings is 1. The fourth-order valence-corrected chi connectivity index (χ4v) is 4.11. The Hall–Kier alpha value is -1.68. The molecule has 1 aromatic carbocycles. The maximum absolute atomic E-state index is 12.5. The summed E-state index contributed by atoms with van der Waals surface area (Å²) in [4.78, 5) is 26.7. The summed E-state index contributed by atoms with van der Waals surface area (Å²) >= 11 is 0. The molecule has 0 aliphatic carbocycles. The molecule has 0 radical (unpaired) electrons. The molecular formula is C17H22N2O2. The Bertz CT molecular complexity index is 586. The lowest BCUT2D eigenvalue weighted by Gasteiger charge is -2.40. The predicted molar refractivity (Wildman–Crippen MR) is 80.8 cm³/mol. The quantitative estimate of drug-likeness (QED) is 0.801. The number of carbonyl (C=O) groups is 2. The fraction of sp³-hybridized carbons (Fsp3) is 0.529. The molecule has 2 amide bonds. The van der Waals surface area contributed by atoms with Crippen LogP contribution in [0.4, 0.5) is 0 Å². The van der Waals surface area contributed by atoms with E-state index in [0.717, 1.165) is 24.1 Å². The summed E-state index contributed by atoms with van der Waals surface area (Å²) in [5.74, 6) is -0.506. The summed E-state index contributed by atoms with van der Waals surface area (Å²) < 4.78 is 0. The number of aryl methyl sites for hydroxylation is 1. The first-order chi connectivity index (χ1) is 9.91. The van der Waals surface area contributed by atoms with Crippen molar-refractivity contribution in [1.29, 1.82) is 0 Å². The zero-order chi connectivity index (χ0) is 15.2. The molecule has 3 atom stereocenters. The molecule has 4 heteroatoms. The number of amides is 2. The van der Waals surface area contributed by atoms with Crippen molar-refractivity contribution in [2.45, 2.75) is 38.6 Å². The van der Waals surface area contributed by atoms with Gasteiger partial charge in [-0.25, -0.2) is 0 Å². The molecule has 21 heavy (non-hydrogen) atoms. The monoisotopic (exact) mass is 286 g/mol. The molecule has 3 rings (SSSR count). The Morgan fingerprint density at radius 3 is 2.71 bits per heavy atom. The Labute approximate surface area is 125 Å². The van der Waals surface area contributed by atoms with Gasteiger partial charge in [-0.15, -0.1) is 0 Å². The Balaban J connectivity index is 2.06. The van der Waals surface area contributed by atoms with E-state index in [4.69, 9.17) is 0 Å². The summed E-state index contributed by atoms with van der Waals surface area (Å²) in [6.45, 7) is 5.00. The van der Waals surface area contributed by atoms with Crippen LogP contribution in [0.15, 0.2) is 24.3 Å². The fourth-order valence-electron chi connectivity index (χ4n) is 4.11. The summed E-state index contributed by atoms with van der Waals surface area (Å²) in [5.41, 5.74) is 1.91. The van der Waals surface area contributed by atoms with Crippen LogP contribution in [-0.2, 0) is 9.59 Å². The van der Waals surface area contributed by atoms with E-state index in [1.165, 1.54) is 0 Å². The molecule has 2 aliphatic rings. The molecule has 0 bridgehead atoms. The number of imide groups is 1. The molecule has 2 heterocycles. The maximum atomic E-state index is 12.5. The van der Waals surface area contributed by atoms with Crippen molar-refractivity contribution in [3.05, 3.63) is 35.4 Å². The van der Waals surface area contributed by atoms with Gasteiger partial charge in [0.2, 0.25) is 11.8 Å². The van der Waals surface area contributed by atoms with Crippen molar-refractivity contribution in [2.24, 2.45) is 5.41 Å². The van der Waals surface area contributed by atoms with Crippen LogP contribution in [-0.4, -0.2) is 36.3 Å². The van der Waals surface area contributed by atoms with Gasteiger partial charge in [-0.3, -0.25) is 14.9 Å². The average molecular weight is 286 g/mol. The summed E-state index contributed by atoms with van der Waals surface area (Å²) in [7, 11) is 2.07. The van der Waals surface area contributed by atoms with Crippen LogP contribution in [0.2, 0.25) is 0 Å². The highest BCUT2D eigenvalue weighted by Gasteiger charge is 2.53. The Morgan fingerprint density at radius 1 is 1.33 bits per heavy atom. The third-order valence-electron chi connectivity index (χ3n) is 5.04. The number of hydrogen-bond donors (Lipinski definition) is 1. The van der Waals surface area contributed by atoms with Crippen LogP contribution in [0, 0.1) is 12.3 Å². The van der Waals surface area contributed by atoms with Crippen LogP contribution < -0.4 is 5.32 Å². The van der Waals surface area contributed by atoms with Crippen molar-refractivity contribution in [3.8, 4) is 0 Å². The van der Waals surface area contributed by atoms with E-state index in [2.05, 4.69) is 30.3 Å². The first kappa shape index (κ1) is 14.3. The third kappa shape index (κ3) is 2.38. The number of rotatable bonds is 1. The number of carbonyl (C=O) groups excluding carboxylic acids is 2. The van der Waals surface area contributed by atoms with E-state index in [-0.39, 0.29) is 23.1 Å². The summed E-state index contributed by atoms with van der Waals surface area (Å²) in [6, 6.07) is 8.51. The van der Waals surface area contributed by atoms with Gasteiger partial charge >= 0.3 is 0 Å².